The van der Waals surface area contributed by atoms with E-state index in [2.05, 4.69) is 16.3 Å². The number of hydrogen-bond acceptors (Lipinski definition) is 7. The second-order valence-electron chi connectivity index (χ2n) is 5.90. The quantitative estimate of drug-likeness (QED) is 0.471. The van der Waals surface area contributed by atoms with Crippen LogP contribution >= 0.6 is 0 Å². The van der Waals surface area contributed by atoms with Crippen LogP contribution in [0.2, 0.25) is 0 Å². The van der Waals surface area contributed by atoms with E-state index in [-0.39, 0.29) is 17.2 Å². The topological polar surface area (TPSA) is 129 Å². The molecule has 0 radical (unpaired) electrons. The molecular weight excluding hydrogens is 348 g/mol. The zero-order chi connectivity index (χ0) is 19.4. The first-order valence-corrected chi connectivity index (χ1v) is 8.11. The Morgan fingerprint density at radius 1 is 1.15 bits per heavy atom. The van der Waals surface area contributed by atoms with Gasteiger partial charge in [-0.05, 0) is 36.8 Å². The third-order valence-electron chi connectivity index (χ3n) is 4.16. The van der Waals surface area contributed by atoms with Crippen molar-refractivity contribution in [3.8, 4) is 11.8 Å². The van der Waals surface area contributed by atoms with E-state index >= 15 is 0 Å². The van der Waals surface area contributed by atoms with Gasteiger partial charge in [0.25, 0.3) is 5.69 Å². The van der Waals surface area contributed by atoms with E-state index in [9.17, 15) is 25.3 Å². The van der Waals surface area contributed by atoms with Crippen LogP contribution in [-0.4, -0.2) is 15.8 Å². The van der Waals surface area contributed by atoms with Gasteiger partial charge in [0.05, 0.1) is 22.4 Å². The van der Waals surface area contributed by atoms with Crippen molar-refractivity contribution in [3.63, 3.8) is 0 Å². The molecule has 0 spiro atoms. The van der Waals surface area contributed by atoms with Crippen molar-refractivity contribution in [1.29, 1.82) is 5.26 Å². The molecule has 8 heteroatoms. The van der Waals surface area contributed by atoms with Gasteiger partial charge in [-0.1, -0.05) is 6.08 Å². The van der Waals surface area contributed by atoms with Gasteiger partial charge in [0.15, 0.2) is 5.78 Å². The Morgan fingerprint density at radius 2 is 1.81 bits per heavy atom. The minimum absolute atomic E-state index is 0.0489. The lowest BCUT2D eigenvalue weighted by molar-refractivity contribution is -0.384. The number of nitrogens with zero attached hydrogens (tertiary/aromatic N) is 4. The monoisotopic (exact) mass is 362 g/mol. The van der Waals surface area contributed by atoms with Crippen LogP contribution in [0.25, 0.3) is 0 Å². The fourth-order valence-electron chi connectivity index (χ4n) is 2.79. The molecule has 0 aliphatic heterocycles. The molecule has 134 valence electrons. The van der Waals surface area contributed by atoms with Crippen molar-refractivity contribution in [2.45, 2.75) is 18.8 Å². The Bertz CT molecular complexity index is 1000. The number of azo groups is 1. The molecule has 1 N–H and O–H groups in total. The van der Waals surface area contributed by atoms with Crippen LogP contribution in [0.1, 0.15) is 24.3 Å². The summed E-state index contributed by atoms with van der Waals surface area (Å²) in [7, 11) is 0. The summed E-state index contributed by atoms with van der Waals surface area (Å²) in [6.45, 7) is 0. The number of phenols is 1. The number of benzene rings is 2. The first-order valence-electron chi connectivity index (χ1n) is 8.11. The predicted molar refractivity (Wildman–Crippen MR) is 96.1 cm³/mol. The average Bonchev–Trinajstić information content (AvgIpc) is 3.09. The molecule has 8 nitrogen and oxygen atoms in total. The van der Waals surface area contributed by atoms with Gasteiger partial charge in [-0.2, -0.15) is 15.5 Å². The van der Waals surface area contributed by atoms with Crippen LogP contribution in [0.15, 0.2) is 64.3 Å². The van der Waals surface area contributed by atoms with E-state index in [0.29, 0.717) is 35.4 Å². The van der Waals surface area contributed by atoms with E-state index in [1.807, 2.05) is 0 Å². The van der Waals surface area contributed by atoms with Crippen LogP contribution in [0.4, 0.5) is 17.1 Å². The van der Waals surface area contributed by atoms with E-state index in [1.165, 1.54) is 42.5 Å². The summed E-state index contributed by atoms with van der Waals surface area (Å²) >= 11 is 0. The SMILES string of the molecule is N#CC(C1=CCCC1=O)c1cc(N=Nc2ccc([N+](=O)[O-])cc2)ccc1O. The number of nitro benzene ring substituents is 1. The summed E-state index contributed by atoms with van der Waals surface area (Å²) in [6.07, 6.45) is 2.68. The van der Waals surface area contributed by atoms with Gasteiger partial charge in [-0.3, -0.25) is 14.9 Å². The molecule has 27 heavy (non-hydrogen) atoms. The average molecular weight is 362 g/mol. The normalized spacial score (nSPS) is 14.8. The van der Waals surface area contributed by atoms with Crippen molar-refractivity contribution >= 4 is 22.8 Å². The number of aromatic hydroxyl groups is 1. The maximum absolute atomic E-state index is 11.9. The maximum Gasteiger partial charge on any atom is 0.269 e. The third kappa shape index (κ3) is 3.88. The highest BCUT2D eigenvalue weighted by Crippen LogP contribution is 2.37. The number of nitro groups is 1. The first-order chi connectivity index (χ1) is 13.0. The molecule has 0 bridgehead atoms. The zero-order valence-corrected chi connectivity index (χ0v) is 14.1. The first kappa shape index (κ1) is 17.9. The molecule has 1 unspecified atom stereocenters. The van der Waals surface area contributed by atoms with Gasteiger partial charge in [0.1, 0.15) is 11.7 Å². The van der Waals surface area contributed by atoms with Gasteiger partial charge in [-0.25, -0.2) is 0 Å². The lowest BCUT2D eigenvalue weighted by Gasteiger charge is -2.12. The summed E-state index contributed by atoms with van der Waals surface area (Å²) in [4.78, 5) is 22.1. The molecule has 0 heterocycles. The molecule has 0 saturated carbocycles. The molecule has 0 aromatic heterocycles. The van der Waals surface area contributed by atoms with Crippen LogP contribution in [0, 0.1) is 21.4 Å². The highest BCUT2D eigenvalue weighted by atomic mass is 16.6. The van der Waals surface area contributed by atoms with Gasteiger partial charge in [0.2, 0.25) is 0 Å². The van der Waals surface area contributed by atoms with Crippen molar-refractivity contribution in [1.82, 2.24) is 0 Å². The largest absolute Gasteiger partial charge is 0.508 e. The minimum Gasteiger partial charge on any atom is -0.508 e. The lowest BCUT2D eigenvalue weighted by atomic mass is 9.90. The Kier molecular flexibility index (Phi) is 5.04. The number of non-ortho nitro benzene ring substituents is 1. The van der Waals surface area contributed by atoms with Gasteiger partial charge in [-0.15, -0.1) is 0 Å². The summed E-state index contributed by atoms with van der Waals surface area (Å²) in [6, 6.07) is 12.0. The van der Waals surface area contributed by atoms with Crippen molar-refractivity contribution < 1.29 is 14.8 Å². The molecule has 3 rings (SSSR count). The number of carbonyl (C=O) groups is 1. The molecule has 1 aliphatic carbocycles. The fraction of sp³-hybridized carbons (Fsp3) is 0.158. The molecule has 2 aromatic rings. The van der Waals surface area contributed by atoms with E-state index in [4.69, 9.17) is 0 Å². The van der Waals surface area contributed by atoms with Gasteiger partial charge < -0.3 is 5.11 Å². The fourth-order valence-corrected chi connectivity index (χ4v) is 2.79. The third-order valence-corrected chi connectivity index (χ3v) is 4.16. The molecule has 0 amide bonds. The molecule has 0 saturated heterocycles. The van der Waals surface area contributed by atoms with E-state index in [1.54, 1.807) is 6.08 Å². The van der Waals surface area contributed by atoms with E-state index < -0.39 is 10.8 Å². The molecule has 0 fully saturated rings. The Balaban J connectivity index is 1.87. The Morgan fingerprint density at radius 3 is 2.41 bits per heavy atom. The summed E-state index contributed by atoms with van der Waals surface area (Å²) in [5.41, 5.74) is 1.43. The zero-order valence-electron chi connectivity index (χ0n) is 14.1. The number of nitriles is 1. The number of ketones is 1. The van der Waals surface area contributed by atoms with Crippen LogP contribution in [-0.2, 0) is 4.79 Å². The van der Waals surface area contributed by atoms with Crippen LogP contribution in [0.3, 0.4) is 0 Å². The predicted octanol–water partition coefficient (Wildman–Crippen LogP) is 4.61. The lowest BCUT2D eigenvalue weighted by Crippen LogP contribution is -2.06. The van der Waals surface area contributed by atoms with Gasteiger partial charge in [0, 0.05) is 29.7 Å². The maximum atomic E-state index is 11.9. The van der Waals surface area contributed by atoms with E-state index in [0.717, 1.165) is 0 Å². The Labute approximate surface area is 154 Å². The number of carbonyl (C=O) groups excluding carboxylic acids is 1. The highest BCUT2D eigenvalue weighted by molar-refractivity contribution is 5.99. The summed E-state index contributed by atoms with van der Waals surface area (Å²) in [5, 5.41) is 38.3. The number of phenolic OH excluding ortho intramolecular Hbond substituents is 1. The van der Waals surface area contributed by atoms with Crippen molar-refractivity contribution in [2.24, 2.45) is 10.2 Å². The number of hydrogen-bond donors (Lipinski definition) is 1. The van der Waals surface area contributed by atoms with Crippen LogP contribution < -0.4 is 0 Å². The second-order valence-corrected chi connectivity index (χ2v) is 5.90. The molecule has 1 atom stereocenters. The molecule has 1 aliphatic rings. The molecule has 2 aromatic carbocycles. The minimum atomic E-state index is -0.866. The summed E-state index contributed by atoms with van der Waals surface area (Å²) < 4.78 is 0. The van der Waals surface area contributed by atoms with Crippen molar-refractivity contribution in [3.05, 3.63) is 69.8 Å². The highest BCUT2D eigenvalue weighted by Gasteiger charge is 2.27. The smallest absolute Gasteiger partial charge is 0.269 e. The van der Waals surface area contributed by atoms with Gasteiger partial charge >= 0.3 is 0 Å². The second kappa shape index (κ2) is 7.58. The molecular formula is C19H14N4O4. The Hall–Kier alpha value is -3.86. The summed E-state index contributed by atoms with van der Waals surface area (Å²) in [5.74, 6) is -1.06. The number of allylic oxidation sites excluding steroid dienone is 2. The standard InChI is InChI=1S/C19H14N4O4/c20-11-17(15-2-1-3-18(15)24)16-10-13(6-9-19(16)25)22-21-12-4-7-14(8-5-12)23(26)27/h2,4-10,17,25H,1,3H2. The number of Topliss-reactive ketones (excluding diaryl/α,β-unsaturated/α-hetero) is 1. The van der Waals surface area contributed by atoms with Crippen LogP contribution in [0.5, 0.6) is 5.75 Å². The van der Waals surface area contributed by atoms with Crippen molar-refractivity contribution in [2.75, 3.05) is 0 Å². The number of rotatable bonds is 5.